The molecular weight excluding hydrogens is 440 g/mol. The number of rotatable bonds is 5. The first-order chi connectivity index (χ1) is 15.8. The van der Waals surface area contributed by atoms with E-state index in [4.69, 9.17) is 25.5 Å². The van der Waals surface area contributed by atoms with Gasteiger partial charge in [0, 0.05) is 17.2 Å². The van der Waals surface area contributed by atoms with Gasteiger partial charge in [0.2, 0.25) is 11.2 Å². The molecule has 0 radical (unpaired) electrons. The van der Waals surface area contributed by atoms with Gasteiger partial charge in [0.05, 0.1) is 5.39 Å². The Hall–Kier alpha value is -3.83. The molecule has 0 N–H and O–H groups in total. The molecule has 1 heterocycles. The molecule has 0 aliphatic carbocycles. The van der Waals surface area contributed by atoms with Gasteiger partial charge in [0.25, 0.3) is 0 Å². The van der Waals surface area contributed by atoms with E-state index >= 15 is 0 Å². The fourth-order valence-electron chi connectivity index (χ4n) is 3.31. The molecule has 1 aromatic heterocycles. The minimum atomic E-state index is -0.536. The molecule has 0 aliphatic heterocycles. The van der Waals surface area contributed by atoms with Crippen molar-refractivity contribution in [1.82, 2.24) is 0 Å². The fraction of sp³-hybridized carbons (Fsp3) is 0.111. The van der Waals surface area contributed by atoms with Crippen LogP contribution in [0.5, 0.6) is 17.2 Å². The molecule has 0 saturated heterocycles. The minimum absolute atomic E-state index is 0.0504. The van der Waals surface area contributed by atoms with Gasteiger partial charge in [-0.2, -0.15) is 0 Å². The van der Waals surface area contributed by atoms with E-state index in [1.54, 1.807) is 24.3 Å². The highest BCUT2D eigenvalue weighted by atomic mass is 35.5. The topological polar surface area (TPSA) is 65.7 Å². The number of fused-ring (bicyclic) bond motifs is 1. The summed E-state index contributed by atoms with van der Waals surface area (Å²) in [6.45, 7) is 5.72. The predicted octanol–water partition coefficient (Wildman–Crippen LogP) is 6.78. The summed E-state index contributed by atoms with van der Waals surface area (Å²) in [5.41, 5.74) is 3.67. The zero-order valence-corrected chi connectivity index (χ0v) is 19.1. The van der Waals surface area contributed by atoms with E-state index in [2.05, 4.69) is 0 Å². The number of aryl methyl sites for hydroxylation is 3. The van der Waals surface area contributed by atoms with Crippen LogP contribution < -0.4 is 14.9 Å². The lowest BCUT2D eigenvalue weighted by Gasteiger charge is -2.09. The summed E-state index contributed by atoms with van der Waals surface area (Å²) >= 11 is 6.19. The van der Waals surface area contributed by atoms with Crippen molar-refractivity contribution in [2.24, 2.45) is 0 Å². The molecule has 0 unspecified atom stereocenters. The molecule has 166 valence electrons. The maximum atomic E-state index is 12.9. The molecule has 6 heteroatoms. The van der Waals surface area contributed by atoms with Crippen molar-refractivity contribution in [3.05, 3.63) is 104 Å². The Bertz CT molecular complexity index is 1410. The van der Waals surface area contributed by atoms with Gasteiger partial charge in [-0.1, -0.05) is 41.4 Å². The summed E-state index contributed by atoms with van der Waals surface area (Å²) in [5.74, 6) is 0.272. The van der Waals surface area contributed by atoms with Gasteiger partial charge < -0.3 is 13.9 Å². The average molecular weight is 461 g/mol. The lowest BCUT2D eigenvalue weighted by Crippen LogP contribution is -2.06. The van der Waals surface area contributed by atoms with Crippen molar-refractivity contribution in [3.63, 3.8) is 0 Å². The fourth-order valence-corrected chi connectivity index (χ4v) is 3.42. The van der Waals surface area contributed by atoms with Crippen LogP contribution in [0, 0.1) is 20.8 Å². The van der Waals surface area contributed by atoms with Gasteiger partial charge in [-0.25, -0.2) is 4.79 Å². The van der Waals surface area contributed by atoms with E-state index in [0.717, 1.165) is 22.3 Å². The highest BCUT2D eigenvalue weighted by Gasteiger charge is 2.12. The van der Waals surface area contributed by atoms with Crippen molar-refractivity contribution in [1.29, 1.82) is 0 Å². The van der Waals surface area contributed by atoms with Crippen molar-refractivity contribution < 1.29 is 18.7 Å². The highest BCUT2D eigenvalue weighted by molar-refractivity contribution is 6.32. The third kappa shape index (κ3) is 5.16. The quantitative estimate of drug-likeness (QED) is 0.186. The van der Waals surface area contributed by atoms with Crippen molar-refractivity contribution in [3.8, 4) is 17.2 Å². The summed E-state index contributed by atoms with van der Waals surface area (Å²) in [6.07, 6.45) is 4.26. The van der Waals surface area contributed by atoms with Gasteiger partial charge in [-0.3, -0.25) is 4.79 Å². The van der Waals surface area contributed by atoms with Crippen molar-refractivity contribution >= 4 is 34.6 Å². The Morgan fingerprint density at radius 1 is 0.939 bits per heavy atom. The Morgan fingerprint density at radius 2 is 1.64 bits per heavy atom. The number of benzene rings is 3. The summed E-state index contributed by atoms with van der Waals surface area (Å²) in [6, 6.07) is 15.8. The molecule has 0 bridgehead atoms. The molecule has 0 saturated carbocycles. The predicted molar refractivity (Wildman–Crippen MR) is 129 cm³/mol. The van der Waals surface area contributed by atoms with Crippen LogP contribution in [-0.2, 0) is 4.79 Å². The van der Waals surface area contributed by atoms with Crippen LogP contribution in [0.2, 0.25) is 5.02 Å². The maximum Gasteiger partial charge on any atom is 0.336 e. The van der Waals surface area contributed by atoms with Crippen LogP contribution in [-0.4, -0.2) is 5.97 Å². The monoisotopic (exact) mass is 460 g/mol. The van der Waals surface area contributed by atoms with E-state index in [1.165, 1.54) is 24.5 Å². The van der Waals surface area contributed by atoms with E-state index < -0.39 is 5.97 Å². The summed E-state index contributed by atoms with van der Waals surface area (Å²) in [4.78, 5) is 25.0. The third-order valence-corrected chi connectivity index (χ3v) is 5.66. The Morgan fingerprint density at radius 3 is 2.33 bits per heavy atom. The Balaban J connectivity index is 1.52. The number of esters is 1. The molecule has 0 amide bonds. The van der Waals surface area contributed by atoms with E-state index in [1.807, 2.05) is 45.0 Å². The second-order valence-electron chi connectivity index (χ2n) is 7.73. The van der Waals surface area contributed by atoms with Gasteiger partial charge >= 0.3 is 5.97 Å². The van der Waals surface area contributed by atoms with Crippen LogP contribution in [0.4, 0.5) is 0 Å². The summed E-state index contributed by atoms with van der Waals surface area (Å²) < 4.78 is 16.7. The highest BCUT2D eigenvalue weighted by Crippen LogP contribution is 2.29. The SMILES string of the molecule is Cc1ccc(C=CC(=O)Oc2ccc3c(=O)c(Oc4cc(C)c(Cl)c(C)c4)coc3c2)cc1. The van der Waals surface area contributed by atoms with Gasteiger partial charge in [-0.15, -0.1) is 0 Å². The zero-order valence-electron chi connectivity index (χ0n) is 18.3. The van der Waals surface area contributed by atoms with E-state index in [-0.39, 0.29) is 22.5 Å². The molecule has 3 aromatic carbocycles. The molecule has 33 heavy (non-hydrogen) atoms. The molecular formula is C27H21ClO5. The first-order valence-corrected chi connectivity index (χ1v) is 10.6. The van der Waals surface area contributed by atoms with Gasteiger partial charge in [0.1, 0.15) is 23.3 Å². The smallest absolute Gasteiger partial charge is 0.336 e. The van der Waals surface area contributed by atoms with E-state index in [0.29, 0.717) is 16.2 Å². The van der Waals surface area contributed by atoms with Crippen LogP contribution in [0.15, 0.2) is 76.1 Å². The molecule has 0 spiro atoms. The first-order valence-electron chi connectivity index (χ1n) is 10.3. The Labute approximate surface area is 195 Å². The van der Waals surface area contributed by atoms with Crippen LogP contribution in [0.1, 0.15) is 22.3 Å². The largest absolute Gasteiger partial charge is 0.460 e. The molecule has 5 nitrogen and oxygen atoms in total. The maximum absolute atomic E-state index is 12.9. The normalized spacial score (nSPS) is 11.2. The zero-order chi connectivity index (χ0) is 23.5. The number of carbonyl (C=O) groups excluding carboxylic acids is 1. The first kappa shape index (κ1) is 22.4. The summed E-state index contributed by atoms with van der Waals surface area (Å²) in [7, 11) is 0. The summed E-state index contributed by atoms with van der Waals surface area (Å²) in [5, 5.41) is 0.966. The number of hydrogen-bond donors (Lipinski definition) is 0. The van der Waals surface area contributed by atoms with Gasteiger partial charge in [-0.05, 0) is 67.8 Å². The standard InChI is InChI=1S/C27H21ClO5/c1-16-4-6-19(7-5-16)8-11-25(29)33-20-9-10-22-23(14-20)31-15-24(27(22)30)32-21-12-17(2)26(28)18(3)13-21/h4-15H,1-3H3. The van der Waals surface area contributed by atoms with Crippen molar-refractivity contribution in [2.45, 2.75) is 20.8 Å². The van der Waals surface area contributed by atoms with Gasteiger partial charge in [0.15, 0.2) is 0 Å². The molecule has 0 atom stereocenters. The Kier molecular flexibility index (Phi) is 6.33. The van der Waals surface area contributed by atoms with Crippen LogP contribution in [0.3, 0.4) is 0 Å². The number of carbonyl (C=O) groups is 1. The average Bonchev–Trinajstić information content (AvgIpc) is 2.79. The van der Waals surface area contributed by atoms with Crippen LogP contribution >= 0.6 is 11.6 Å². The third-order valence-electron chi connectivity index (χ3n) is 5.06. The number of ether oxygens (including phenoxy) is 2. The number of halogens is 1. The second-order valence-corrected chi connectivity index (χ2v) is 8.10. The molecule has 0 fully saturated rings. The molecule has 4 aromatic rings. The molecule has 4 rings (SSSR count). The lowest BCUT2D eigenvalue weighted by atomic mass is 10.1. The minimum Gasteiger partial charge on any atom is -0.460 e. The van der Waals surface area contributed by atoms with Crippen molar-refractivity contribution in [2.75, 3.05) is 0 Å². The lowest BCUT2D eigenvalue weighted by molar-refractivity contribution is -0.128. The molecule has 0 aliphatic rings. The van der Waals surface area contributed by atoms with Crippen LogP contribution in [0.25, 0.3) is 17.0 Å². The number of hydrogen-bond acceptors (Lipinski definition) is 5. The second kappa shape index (κ2) is 9.35. The van der Waals surface area contributed by atoms with E-state index in [9.17, 15) is 9.59 Å².